The number of H-pyrrole nitrogens is 1. The molecule has 2 aromatic heterocycles. The first-order chi connectivity index (χ1) is 12.4. The van der Waals surface area contributed by atoms with E-state index in [9.17, 15) is 14.4 Å². The van der Waals surface area contributed by atoms with E-state index >= 15 is 0 Å². The number of amides is 1. The van der Waals surface area contributed by atoms with Crippen LogP contribution in [0.2, 0.25) is 0 Å². The summed E-state index contributed by atoms with van der Waals surface area (Å²) in [4.78, 5) is 42.9. The largest absolute Gasteiger partial charge is 0.383 e. The van der Waals surface area contributed by atoms with Crippen LogP contribution in [0.25, 0.3) is 0 Å². The highest BCUT2D eigenvalue weighted by atomic mass is 32.1. The van der Waals surface area contributed by atoms with Crippen LogP contribution in [0.15, 0.2) is 21.7 Å². The van der Waals surface area contributed by atoms with Gasteiger partial charge < -0.3 is 5.73 Å². The lowest BCUT2D eigenvalue weighted by molar-refractivity contribution is 0.0990. The molecule has 8 heteroatoms. The zero-order valence-corrected chi connectivity index (χ0v) is 16.3. The molecule has 0 atom stereocenters. The molecule has 0 fully saturated rings. The van der Waals surface area contributed by atoms with E-state index < -0.39 is 11.2 Å². The average Bonchev–Trinajstić information content (AvgIpc) is 3.03. The van der Waals surface area contributed by atoms with Gasteiger partial charge in [0.25, 0.3) is 11.5 Å². The van der Waals surface area contributed by atoms with E-state index in [4.69, 9.17) is 5.73 Å². The number of aromatic amines is 1. The van der Waals surface area contributed by atoms with Crippen LogP contribution in [0.1, 0.15) is 54.1 Å². The number of hydrogen-bond donors (Lipinski definition) is 2. The van der Waals surface area contributed by atoms with Gasteiger partial charge in [0.2, 0.25) is 0 Å². The number of thiophene rings is 1. The highest BCUT2D eigenvalue weighted by molar-refractivity contribution is 7.14. The Balaban J connectivity index is 2.55. The second-order valence-electron chi connectivity index (χ2n) is 6.22. The first-order valence-electron chi connectivity index (χ1n) is 8.91. The molecule has 0 saturated heterocycles. The van der Waals surface area contributed by atoms with Crippen LogP contribution in [-0.4, -0.2) is 22.0 Å². The van der Waals surface area contributed by atoms with Crippen molar-refractivity contribution in [2.45, 2.75) is 53.0 Å². The first kappa shape index (κ1) is 20.0. The molecule has 2 rings (SSSR count). The summed E-state index contributed by atoms with van der Waals surface area (Å²) in [6.45, 7) is 6.70. The number of nitrogens with zero attached hydrogens (tertiary/aromatic N) is 2. The predicted molar refractivity (Wildman–Crippen MR) is 106 cm³/mol. The van der Waals surface area contributed by atoms with Gasteiger partial charge in [-0.1, -0.05) is 26.7 Å². The van der Waals surface area contributed by atoms with Crippen LogP contribution >= 0.6 is 11.3 Å². The Labute approximate surface area is 156 Å². The van der Waals surface area contributed by atoms with Crippen molar-refractivity contribution in [2.75, 3.05) is 17.2 Å². The van der Waals surface area contributed by atoms with Gasteiger partial charge in [0.1, 0.15) is 5.82 Å². The van der Waals surface area contributed by atoms with Gasteiger partial charge in [-0.05, 0) is 31.9 Å². The molecule has 0 unspecified atom stereocenters. The number of carbonyl (C=O) groups excluding carboxylic acids is 1. The summed E-state index contributed by atoms with van der Waals surface area (Å²) in [5.41, 5.74) is 5.06. The fraction of sp³-hybridized carbons (Fsp3) is 0.500. The Kier molecular flexibility index (Phi) is 6.79. The minimum Gasteiger partial charge on any atom is -0.383 e. The summed E-state index contributed by atoms with van der Waals surface area (Å²) in [6, 6.07) is 3.62. The van der Waals surface area contributed by atoms with E-state index in [1.807, 2.05) is 26.8 Å². The number of aromatic nitrogens is 2. The number of nitrogen functional groups attached to an aromatic ring is 1. The van der Waals surface area contributed by atoms with E-state index in [1.165, 1.54) is 20.8 Å². The molecule has 7 nitrogen and oxygen atoms in total. The van der Waals surface area contributed by atoms with E-state index in [-0.39, 0.29) is 17.4 Å². The predicted octanol–water partition coefficient (Wildman–Crippen LogP) is 2.74. The zero-order chi connectivity index (χ0) is 19.3. The van der Waals surface area contributed by atoms with Gasteiger partial charge in [0.05, 0.1) is 4.88 Å². The number of nitrogens with two attached hydrogens (primary N) is 1. The number of hydrogen-bond acceptors (Lipinski definition) is 5. The van der Waals surface area contributed by atoms with E-state index in [0.717, 1.165) is 30.6 Å². The Bertz CT molecular complexity index is 881. The molecule has 0 bridgehead atoms. The van der Waals surface area contributed by atoms with Gasteiger partial charge in [-0.3, -0.25) is 24.0 Å². The number of nitrogens with one attached hydrogen (secondary N) is 1. The SMILES string of the molecule is CCCCN(C(=O)c1ccc(C)s1)c1c(N)n(CCCC)c(=O)[nH]c1=O. The normalized spacial score (nSPS) is 10.9. The van der Waals surface area contributed by atoms with Crippen LogP contribution in [0.3, 0.4) is 0 Å². The molecule has 26 heavy (non-hydrogen) atoms. The van der Waals surface area contributed by atoms with Gasteiger partial charge in [-0.15, -0.1) is 11.3 Å². The standard InChI is InChI=1S/C18H26N4O3S/c1-4-6-10-21(17(24)13-9-8-12(3)26-13)14-15(19)22(11-7-5-2)18(25)20-16(14)23/h8-9H,4-7,10-11,19H2,1-3H3,(H,20,23,25). The molecular weight excluding hydrogens is 352 g/mol. The number of carbonyl (C=O) groups is 1. The minimum atomic E-state index is -0.627. The van der Waals surface area contributed by atoms with Crippen LogP contribution in [-0.2, 0) is 6.54 Å². The van der Waals surface area contributed by atoms with E-state index in [2.05, 4.69) is 4.98 Å². The Hall–Kier alpha value is -2.35. The zero-order valence-electron chi connectivity index (χ0n) is 15.5. The van der Waals surface area contributed by atoms with Crippen molar-refractivity contribution in [2.24, 2.45) is 0 Å². The smallest absolute Gasteiger partial charge is 0.330 e. The van der Waals surface area contributed by atoms with Gasteiger partial charge >= 0.3 is 5.69 Å². The lowest BCUT2D eigenvalue weighted by Gasteiger charge is -2.24. The molecule has 1 amide bonds. The van der Waals surface area contributed by atoms with Crippen molar-refractivity contribution in [3.63, 3.8) is 0 Å². The van der Waals surface area contributed by atoms with Gasteiger partial charge in [-0.25, -0.2) is 4.79 Å². The fourth-order valence-electron chi connectivity index (χ4n) is 2.69. The summed E-state index contributed by atoms with van der Waals surface area (Å²) in [6.07, 6.45) is 3.22. The number of unbranched alkanes of at least 4 members (excludes halogenated alkanes) is 2. The molecule has 0 aromatic carbocycles. The van der Waals surface area contributed by atoms with Crippen LogP contribution < -0.4 is 21.9 Å². The lowest BCUT2D eigenvalue weighted by atomic mass is 10.2. The molecule has 0 radical (unpaired) electrons. The van der Waals surface area contributed by atoms with E-state index in [0.29, 0.717) is 18.0 Å². The Morgan fingerprint density at radius 1 is 1.23 bits per heavy atom. The molecule has 0 saturated carbocycles. The molecule has 0 aliphatic carbocycles. The molecule has 2 heterocycles. The third kappa shape index (κ3) is 4.24. The molecule has 142 valence electrons. The third-order valence-corrected chi connectivity index (χ3v) is 5.14. The summed E-state index contributed by atoms with van der Waals surface area (Å²) in [5.74, 6) is -0.223. The number of aryl methyl sites for hydroxylation is 1. The Morgan fingerprint density at radius 2 is 1.92 bits per heavy atom. The van der Waals surface area contributed by atoms with Crippen molar-refractivity contribution < 1.29 is 4.79 Å². The van der Waals surface area contributed by atoms with Gasteiger partial charge in [0, 0.05) is 18.0 Å². The van der Waals surface area contributed by atoms with Gasteiger partial charge in [0.15, 0.2) is 5.69 Å². The molecular formula is C18H26N4O3S. The van der Waals surface area contributed by atoms with E-state index in [1.54, 1.807) is 6.07 Å². The van der Waals surface area contributed by atoms with Crippen LogP contribution in [0.5, 0.6) is 0 Å². The second-order valence-corrected chi connectivity index (χ2v) is 7.51. The average molecular weight is 378 g/mol. The lowest BCUT2D eigenvalue weighted by Crippen LogP contribution is -2.41. The summed E-state index contributed by atoms with van der Waals surface area (Å²) in [5, 5.41) is 0. The highest BCUT2D eigenvalue weighted by Gasteiger charge is 2.25. The Morgan fingerprint density at radius 3 is 2.50 bits per heavy atom. The molecule has 2 aromatic rings. The maximum Gasteiger partial charge on any atom is 0.330 e. The maximum absolute atomic E-state index is 13.0. The minimum absolute atomic E-state index is 0.0462. The number of rotatable bonds is 8. The maximum atomic E-state index is 13.0. The third-order valence-electron chi connectivity index (χ3n) is 4.15. The summed E-state index contributed by atoms with van der Waals surface area (Å²) >= 11 is 1.37. The van der Waals surface area contributed by atoms with Crippen LogP contribution in [0, 0.1) is 6.92 Å². The topological polar surface area (TPSA) is 101 Å². The van der Waals surface area contributed by atoms with Crippen molar-refractivity contribution in [3.8, 4) is 0 Å². The van der Waals surface area contributed by atoms with Crippen molar-refractivity contribution in [1.29, 1.82) is 0 Å². The fourth-order valence-corrected chi connectivity index (χ4v) is 3.51. The first-order valence-corrected chi connectivity index (χ1v) is 9.73. The number of anilines is 2. The van der Waals surface area contributed by atoms with Crippen LogP contribution in [0.4, 0.5) is 11.5 Å². The monoisotopic (exact) mass is 378 g/mol. The molecule has 0 spiro atoms. The molecule has 3 N–H and O–H groups in total. The molecule has 0 aliphatic heterocycles. The van der Waals surface area contributed by atoms with Crippen molar-refractivity contribution in [1.82, 2.24) is 9.55 Å². The second kappa shape index (κ2) is 8.84. The van der Waals surface area contributed by atoms with Crippen molar-refractivity contribution in [3.05, 3.63) is 42.7 Å². The quantitative estimate of drug-likeness (QED) is 0.737. The van der Waals surface area contributed by atoms with Gasteiger partial charge in [-0.2, -0.15) is 0 Å². The van der Waals surface area contributed by atoms with Crippen molar-refractivity contribution >= 4 is 28.7 Å². The highest BCUT2D eigenvalue weighted by Crippen LogP contribution is 2.23. The summed E-state index contributed by atoms with van der Waals surface area (Å²) < 4.78 is 1.34. The molecule has 0 aliphatic rings. The summed E-state index contributed by atoms with van der Waals surface area (Å²) in [7, 11) is 0.